The van der Waals surface area contributed by atoms with Gasteiger partial charge in [-0.05, 0) is 38.7 Å². The number of carbonyl (C=O) groups excluding carboxylic acids is 2. The Hall–Kier alpha value is -3.58. The third-order valence-electron chi connectivity index (χ3n) is 4.66. The number of benzene rings is 2. The van der Waals surface area contributed by atoms with Crippen LogP contribution in [0.1, 0.15) is 43.7 Å². The maximum absolute atomic E-state index is 13.2. The lowest BCUT2D eigenvalue weighted by molar-refractivity contribution is -0.118. The molecule has 178 valence electrons. The van der Waals surface area contributed by atoms with E-state index >= 15 is 0 Å². The molecule has 0 fully saturated rings. The zero-order chi connectivity index (χ0) is 25.1. The Labute approximate surface area is 206 Å². The van der Waals surface area contributed by atoms with Crippen LogP contribution in [0, 0.1) is 6.92 Å². The number of nitrogens with one attached hydrogen (secondary N) is 3. The van der Waals surface area contributed by atoms with Gasteiger partial charge in [-0.1, -0.05) is 78.0 Å². The summed E-state index contributed by atoms with van der Waals surface area (Å²) in [5.74, 6) is 0.472. The maximum Gasteiger partial charge on any atom is 0.274 e. The van der Waals surface area contributed by atoms with Crippen molar-refractivity contribution >= 4 is 23.6 Å². The van der Waals surface area contributed by atoms with E-state index in [0.717, 1.165) is 27.3 Å². The quantitative estimate of drug-likeness (QED) is 0.404. The van der Waals surface area contributed by atoms with Crippen LogP contribution in [-0.4, -0.2) is 28.8 Å². The fraction of sp³-hybridized carbons (Fsp3) is 0.222. The van der Waals surface area contributed by atoms with Crippen LogP contribution in [0.3, 0.4) is 0 Å². The first-order valence-corrected chi connectivity index (χ1v) is 11.8. The highest BCUT2D eigenvalue weighted by atomic mass is 32.2. The molecule has 3 N–H and O–H groups in total. The van der Waals surface area contributed by atoms with Gasteiger partial charge in [0, 0.05) is 25.1 Å². The Balaban J connectivity index is 0.000000739. The largest absolute Gasteiger partial charge is 0.359 e. The van der Waals surface area contributed by atoms with E-state index in [9.17, 15) is 9.59 Å². The Morgan fingerprint density at radius 3 is 2.12 bits per heavy atom. The van der Waals surface area contributed by atoms with Gasteiger partial charge in [0.2, 0.25) is 5.91 Å². The molecular formula is C27H32N4O2S. The molecule has 34 heavy (non-hydrogen) atoms. The van der Waals surface area contributed by atoms with Gasteiger partial charge < -0.3 is 15.6 Å². The summed E-state index contributed by atoms with van der Waals surface area (Å²) >= 11 is 1.49. The summed E-state index contributed by atoms with van der Waals surface area (Å²) in [5.41, 5.74) is 5.14. The summed E-state index contributed by atoms with van der Waals surface area (Å²) < 4.78 is 0. The molecule has 1 heterocycles. The minimum Gasteiger partial charge on any atom is -0.359 e. The lowest BCUT2D eigenvalue weighted by atomic mass is 10.1. The number of rotatable bonds is 6. The van der Waals surface area contributed by atoms with Gasteiger partial charge in [-0.2, -0.15) is 0 Å². The topological polar surface area (TPSA) is 86.9 Å². The molecule has 0 radical (unpaired) electrons. The molecule has 6 nitrogen and oxygen atoms in total. The highest BCUT2D eigenvalue weighted by Gasteiger charge is 2.20. The Morgan fingerprint density at radius 2 is 1.59 bits per heavy atom. The standard InChI is InChI=1S/C24H25N3OS.C3H7NO/c1-5-15-29-24(16(2)3)27-23(28)21-20(18-13-11-17(4)12-14-18)25-22(26-21)19-9-7-6-8-10-19;1-3(5)4-2/h5-15H,1-4H3,(H,25,26)(H,27,28);1-2H3,(H,4,5)/b15-5-;. The van der Waals surface area contributed by atoms with Gasteiger partial charge >= 0.3 is 0 Å². The number of aryl methyl sites for hydroxylation is 1. The van der Waals surface area contributed by atoms with Gasteiger partial charge in [0.15, 0.2) is 0 Å². The molecule has 2 aromatic carbocycles. The lowest BCUT2D eigenvalue weighted by Gasteiger charge is -2.10. The minimum atomic E-state index is -0.205. The zero-order valence-electron chi connectivity index (χ0n) is 20.5. The average Bonchev–Trinajstić information content (AvgIpc) is 3.28. The van der Waals surface area contributed by atoms with Gasteiger partial charge in [-0.3, -0.25) is 9.59 Å². The van der Waals surface area contributed by atoms with E-state index in [1.165, 1.54) is 18.7 Å². The first-order valence-electron chi connectivity index (χ1n) is 10.9. The van der Waals surface area contributed by atoms with Gasteiger partial charge in [0.1, 0.15) is 17.2 Å². The van der Waals surface area contributed by atoms with Crippen molar-refractivity contribution in [3.05, 3.63) is 87.9 Å². The number of imidazole rings is 1. The number of amides is 2. The van der Waals surface area contributed by atoms with Crippen LogP contribution in [0.15, 0.2) is 76.7 Å². The van der Waals surface area contributed by atoms with E-state index < -0.39 is 0 Å². The number of nitrogens with zero attached hydrogens (tertiary/aromatic N) is 1. The highest BCUT2D eigenvalue weighted by molar-refractivity contribution is 8.05. The normalized spacial score (nSPS) is 10.3. The van der Waals surface area contributed by atoms with Crippen molar-refractivity contribution in [1.82, 2.24) is 20.6 Å². The van der Waals surface area contributed by atoms with Crippen molar-refractivity contribution in [2.24, 2.45) is 0 Å². The molecule has 0 spiro atoms. The number of allylic oxidation sites excluding steroid dienone is 2. The average molecular weight is 477 g/mol. The molecule has 0 saturated carbocycles. The van der Waals surface area contributed by atoms with E-state index in [4.69, 9.17) is 4.98 Å². The number of aromatic amines is 1. The van der Waals surface area contributed by atoms with E-state index in [2.05, 4.69) is 15.6 Å². The number of hydrogen-bond acceptors (Lipinski definition) is 4. The summed E-state index contributed by atoms with van der Waals surface area (Å²) in [6.07, 6.45) is 1.95. The molecule has 3 rings (SSSR count). The Bertz CT molecular complexity index is 1160. The van der Waals surface area contributed by atoms with E-state index in [0.29, 0.717) is 17.2 Å². The van der Waals surface area contributed by atoms with Gasteiger partial charge in [-0.15, -0.1) is 0 Å². The second-order valence-corrected chi connectivity index (χ2v) is 8.63. The van der Waals surface area contributed by atoms with Crippen LogP contribution in [0.25, 0.3) is 22.6 Å². The lowest BCUT2D eigenvalue weighted by Crippen LogP contribution is -2.23. The van der Waals surface area contributed by atoms with E-state index in [1.807, 2.05) is 93.8 Å². The van der Waals surface area contributed by atoms with Gasteiger partial charge in [-0.25, -0.2) is 4.98 Å². The van der Waals surface area contributed by atoms with Crippen LogP contribution in [0.4, 0.5) is 0 Å². The Kier molecular flexibility index (Phi) is 10.4. The van der Waals surface area contributed by atoms with Crippen LogP contribution < -0.4 is 10.6 Å². The SMILES string of the molecule is C/C=C\SC(NC(=O)c1[nH]c(-c2ccccc2)nc1-c1ccc(C)cc1)=C(C)C.CNC(C)=O. The number of carbonyl (C=O) groups is 2. The van der Waals surface area contributed by atoms with Crippen molar-refractivity contribution in [2.75, 3.05) is 7.05 Å². The molecule has 2 amide bonds. The van der Waals surface area contributed by atoms with Crippen molar-refractivity contribution < 1.29 is 9.59 Å². The fourth-order valence-corrected chi connectivity index (χ4v) is 3.42. The van der Waals surface area contributed by atoms with Gasteiger partial charge in [0.05, 0.1) is 5.03 Å². The first kappa shape index (κ1) is 26.7. The molecule has 0 aliphatic rings. The molecule has 0 aliphatic carbocycles. The molecule has 0 unspecified atom stereocenters. The predicted molar refractivity (Wildman–Crippen MR) is 142 cm³/mol. The molecule has 0 bridgehead atoms. The van der Waals surface area contributed by atoms with Crippen LogP contribution in [-0.2, 0) is 4.79 Å². The van der Waals surface area contributed by atoms with Crippen molar-refractivity contribution in [1.29, 1.82) is 0 Å². The molecular weight excluding hydrogens is 444 g/mol. The van der Waals surface area contributed by atoms with Crippen molar-refractivity contribution in [3.63, 3.8) is 0 Å². The van der Waals surface area contributed by atoms with Gasteiger partial charge in [0.25, 0.3) is 5.91 Å². The van der Waals surface area contributed by atoms with Crippen LogP contribution >= 0.6 is 11.8 Å². The zero-order valence-corrected chi connectivity index (χ0v) is 21.3. The third kappa shape index (κ3) is 7.78. The first-order chi connectivity index (χ1) is 16.3. The molecule has 7 heteroatoms. The number of thioether (sulfide) groups is 1. The Morgan fingerprint density at radius 1 is 0.971 bits per heavy atom. The van der Waals surface area contributed by atoms with Crippen LogP contribution in [0.2, 0.25) is 0 Å². The fourth-order valence-electron chi connectivity index (χ4n) is 2.76. The molecule has 1 aromatic heterocycles. The van der Waals surface area contributed by atoms with Crippen molar-refractivity contribution in [3.8, 4) is 22.6 Å². The summed E-state index contributed by atoms with van der Waals surface area (Å²) in [5, 5.41) is 8.19. The molecule has 3 aromatic rings. The summed E-state index contributed by atoms with van der Waals surface area (Å²) in [6.45, 7) is 9.43. The minimum absolute atomic E-state index is 0.00463. The second-order valence-electron chi connectivity index (χ2n) is 7.72. The summed E-state index contributed by atoms with van der Waals surface area (Å²) in [6, 6.07) is 17.9. The number of H-pyrrole nitrogens is 1. The van der Waals surface area contributed by atoms with Crippen LogP contribution in [0.5, 0.6) is 0 Å². The van der Waals surface area contributed by atoms with E-state index in [-0.39, 0.29) is 11.8 Å². The van der Waals surface area contributed by atoms with E-state index in [1.54, 1.807) is 7.05 Å². The molecule has 0 aliphatic heterocycles. The number of hydrogen-bond donors (Lipinski definition) is 3. The monoisotopic (exact) mass is 476 g/mol. The third-order valence-corrected chi connectivity index (χ3v) is 5.81. The maximum atomic E-state index is 13.2. The predicted octanol–water partition coefficient (Wildman–Crippen LogP) is 6.05. The second kappa shape index (κ2) is 13.2. The molecule has 0 atom stereocenters. The number of aromatic nitrogens is 2. The van der Waals surface area contributed by atoms with Crippen molar-refractivity contribution in [2.45, 2.75) is 34.6 Å². The highest BCUT2D eigenvalue weighted by Crippen LogP contribution is 2.27. The molecule has 0 saturated heterocycles. The summed E-state index contributed by atoms with van der Waals surface area (Å²) in [4.78, 5) is 30.9. The smallest absolute Gasteiger partial charge is 0.274 e. The summed E-state index contributed by atoms with van der Waals surface area (Å²) in [7, 11) is 1.60.